The normalized spacial score (nSPS) is 18.8. The van der Waals surface area contributed by atoms with E-state index in [1.54, 1.807) is 0 Å². The minimum absolute atomic E-state index is 0.0809. The Balaban J connectivity index is 2.15. The average Bonchev–Trinajstić information content (AvgIpc) is 2.61. The van der Waals surface area contributed by atoms with Crippen molar-refractivity contribution in [3.63, 3.8) is 0 Å². The molecule has 25 heavy (non-hydrogen) atoms. The van der Waals surface area contributed by atoms with Crippen LogP contribution in [0.3, 0.4) is 0 Å². The Morgan fingerprint density at radius 2 is 2.24 bits per heavy atom. The largest absolute Gasteiger partial charge is 0.492 e. The highest BCUT2D eigenvalue weighted by atomic mass is 35.5. The van der Waals surface area contributed by atoms with Gasteiger partial charge in [0.15, 0.2) is 0 Å². The summed E-state index contributed by atoms with van der Waals surface area (Å²) in [5.41, 5.74) is 0. The van der Waals surface area contributed by atoms with Gasteiger partial charge < -0.3 is 15.2 Å². The monoisotopic (exact) mass is 390 g/mol. The van der Waals surface area contributed by atoms with Gasteiger partial charge >= 0.3 is 0 Å². The van der Waals surface area contributed by atoms with Crippen LogP contribution in [0.4, 0.5) is 0 Å². The molecule has 1 fully saturated rings. The molecule has 1 aliphatic heterocycles. The maximum atomic E-state index is 12.8. The van der Waals surface area contributed by atoms with Crippen LogP contribution in [0.1, 0.15) is 19.8 Å². The van der Waals surface area contributed by atoms with Crippen LogP contribution < -0.4 is 10.1 Å². The fraction of sp³-hybridized carbons (Fsp3) is 0.562. The number of nitrogens with zero attached hydrogens (tertiary/aromatic N) is 1. The molecular weight excluding hydrogens is 368 g/mol. The number of sulfonamides is 1. The van der Waals surface area contributed by atoms with Gasteiger partial charge in [0.25, 0.3) is 0 Å². The smallest absolute Gasteiger partial charge is 0.243 e. The molecule has 2 N–H and O–H groups in total. The Morgan fingerprint density at radius 3 is 2.88 bits per heavy atom. The van der Waals surface area contributed by atoms with Crippen LogP contribution >= 0.6 is 11.6 Å². The number of piperidine rings is 1. The Labute approximate surface area is 153 Å². The molecule has 1 aliphatic rings. The molecule has 1 aromatic rings. The molecule has 1 atom stereocenters. The fourth-order valence-corrected chi connectivity index (χ4v) is 4.61. The summed E-state index contributed by atoms with van der Waals surface area (Å²) in [5, 5.41) is 11.6. The van der Waals surface area contributed by atoms with E-state index in [4.69, 9.17) is 21.4 Å². The highest BCUT2D eigenvalue weighted by Gasteiger charge is 2.33. The molecular formula is C16H23ClN2O5S. The molecule has 0 radical (unpaired) electrons. The van der Waals surface area contributed by atoms with E-state index in [0.717, 1.165) is 0 Å². The molecule has 0 saturated carbocycles. The third-order valence-electron chi connectivity index (χ3n) is 4.01. The van der Waals surface area contributed by atoms with E-state index in [-0.39, 0.29) is 35.5 Å². The van der Waals surface area contributed by atoms with Gasteiger partial charge in [0.1, 0.15) is 5.75 Å². The third kappa shape index (κ3) is 4.84. The third-order valence-corrected chi connectivity index (χ3v) is 6.16. The Hall–Kier alpha value is -1.35. The topological polar surface area (TPSA) is 95.9 Å². The quantitative estimate of drug-likeness (QED) is 0.730. The number of nitrogens with one attached hydrogen (secondary N) is 1. The van der Waals surface area contributed by atoms with Crippen molar-refractivity contribution in [2.75, 3.05) is 32.8 Å². The number of carbonyl (C=O) groups is 1. The number of ether oxygens (including phenoxy) is 1. The standard InChI is InChI=1S/C16H23ClN2O5S/c1-2-24-15-6-5-13(10-14(15)17)25(22,23)19-8-3-4-12(11-19)16(21)18-7-9-20/h5-6,10,12,20H,2-4,7-9,11H2,1H3,(H,18,21)/t12-/m0/s1. The predicted octanol–water partition coefficient (Wildman–Crippen LogP) is 1.25. The number of aliphatic hydroxyl groups excluding tert-OH is 1. The summed E-state index contributed by atoms with van der Waals surface area (Å²) < 4.78 is 32.3. The van der Waals surface area contributed by atoms with Gasteiger partial charge in [0.2, 0.25) is 15.9 Å². The van der Waals surface area contributed by atoms with Gasteiger partial charge in [0, 0.05) is 19.6 Å². The van der Waals surface area contributed by atoms with Crippen LogP contribution in [0.25, 0.3) is 0 Å². The number of hydrogen-bond donors (Lipinski definition) is 2. The number of benzene rings is 1. The molecule has 140 valence electrons. The average molecular weight is 391 g/mol. The van der Waals surface area contributed by atoms with Crippen LogP contribution in [-0.2, 0) is 14.8 Å². The second-order valence-electron chi connectivity index (χ2n) is 5.74. The molecule has 0 spiro atoms. The first kappa shape index (κ1) is 20.0. The summed E-state index contributed by atoms with van der Waals surface area (Å²) in [5.74, 6) is -0.227. The van der Waals surface area contributed by atoms with Crippen LogP contribution in [0, 0.1) is 5.92 Å². The summed E-state index contributed by atoms with van der Waals surface area (Å²) >= 11 is 6.09. The van der Waals surface area contributed by atoms with Gasteiger partial charge in [0.05, 0.1) is 29.0 Å². The lowest BCUT2D eigenvalue weighted by Gasteiger charge is -2.31. The van der Waals surface area contributed by atoms with E-state index in [9.17, 15) is 13.2 Å². The summed E-state index contributed by atoms with van der Waals surface area (Å²) in [6.07, 6.45) is 1.22. The highest BCUT2D eigenvalue weighted by Crippen LogP contribution is 2.30. The predicted molar refractivity (Wildman–Crippen MR) is 94.2 cm³/mol. The Morgan fingerprint density at radius 1 is 1.48 bits per heavy atom. The van der Waals surface area contributed by atoms with Crippen molar-refractivity contribution in [3.05, 3.63) is 23.2 Å². The SMILES string of the molecule is CCOc1ccc(S(=O)(=O)N2CCC[C@H](C(=O)NCCO)C2)cc1Cl. The lowest BCUT2D eigenvalue weighted by Crippen LogP contribution is -2.45. The summed E-state index contributed by atoms with van der Waals surface area (Å²) in [6, 6.07) is 4.37. The van der Waals surface area contributed by atoms with Gasteiger partial charge in [-0.2, -0.15) is 4.31 Å². The van der Waals surface area contributed by atoms with Crippen molar-refractivity contribution in [1.82, 2.24) is 9.62 Å². The molecule has 1 aromatic carbocycles. The number of aliphatic hydroxyl groups is 1. The molecule has 9 heteroatoms. The molecule has 1 amide bonds. The Bertz CT molecular complexity index is 710. The van der Waals surface area contributed by atoms with Gasteiger partial charge in [-0.25, -0.2) is 8.42 Å². The first-order valence-electron chi connectivity index (χ1n) is 8.21. The summed E-state index contributed by atoms with van der Waals surface area (Å²) in [4.78, 5) is 12.1. The van der Waals surface area contributed by atoms with Crippen LogP contribution in [0.15, 0.2) is 23.1 Å². The first-order valence-corrected chi connectivity index (χ1v) is 10.0. The number of halogens is 1. The summed E-state index contributed by atoms with van der Waals surface area (Å²) in [6.45, 7) is 2.74. The zero-order chi connectivity index (χ0) is 18.4. The van der Waals surface area contributed by atoms with Crippen molar-refractivity contribution < 1.29 is 23.1 Å². The molecule has 7 nitrogen and oxygen atoms in total. The molecule has 1 saturated heterocycles. The number of hydrogen-bond acceptors (Lipinski definition) is 5. The first-order chi connectivity index (χ1) is 11.9. The minimum atomic E-state index is -3.74. The molecule has 0 aromatic heterocycles. The van der Waals surface area contributed by atoms with Gasteiger partial charge in [-0.15, -0.1) is 0 Å². The number of amides is 1. The van der Waals surface area contributed by atoms with E-state index in [2.05, 4.69) is 5.32 Å². The highest BCUT2D eigenvalue weighted by molar-refractivity contribution is 7.89. The lowest BCUT2D eigenvalue weighted by atomic mass is 9.99. The lowest BCUT2D eigenvalue weighted by molar-refractivity contribution is -0.126. The Kier molecular flexibility index (Phi) is 7.06. The van der Waals surface area contributed by atoms with Crippen LogP contribution in [0.2, 0.25) is 5.02 Å². The number of rotatable bonds is 7. The molecule has 0 bridgehead atoms. The van der Waals surface area contributed by atoms with Gasteiger partial charge in [-0.1, -0.05) is 11.6 Å². The fourth-order valence-electron chi connectivity index (χ4n) is 2.76. The zero-order valence-corrected chi connectivity index (χ0v) is 15.6. The van der Waals surface area contributed by atoms with E-state index in [0.29, 0.717) is 31.7 Å². The second-order valence-corrected chi connectivity index (χ2v) is 8.09. The van der Waals surface area contributed by atoms with E-state index < -0.39 is 15.9 Å². The van der Waals surface area contributed by atoms with Gasteiger partial charge in [-0.05, 0) is 38.0 Å². The molecule has 0 aliphatic carbocycles. The maximum Gasteiger partial charge on any atom is 0.243 e. The van der Waals surface area contributed by atoms with Crippen molar-refractivity contribution in [2.24, 2.45) is 5.92 Å². The summed E-state index contributed by atoms with van der Waals surface area (Å²) in [7, 11) is -3.74. The zero-order valence-electron chi connectivity index (χ0n) is 14.1. The van der Waals surface area contributed by atoms with Crippen molar-refractivity contribution >= 4 is 27.5 Å². The maximum absolute atomic E-state index is 12.8. The minimum Gasteiger partial charge on any atom is -0.492 e. The molecule has 0 unspecified atom stereocenters. The van der Waals surface area contributed by atoms with Crippen molar-refractivity contribution in [2.45, 2.75) is 24.7 Å². The van der Waals surface area contributed by atoms with Crippen LogP contribution in [-0.4, -0.2) is 56.6 Å². The van der Waals surface area contributed by atoms with Crippen molar-refractivity contribution in [3.8, 4) is 5.75 Å². The second kappa shape index (κ2) is 8.84. The molecule has 2 rings (SSSR count). The van der Waals surface area contributed by atoms with E-state index >= 15 is 0 Å². The van der Waals surface area contributed by atoms with E-state index in [1.807, 2.05) is 6.92 Å². The van der Waals surface area contributed by atoms with Crippen molar-refractivity contribution in [1.29, 1.82) is 0 Å². The number of carbonyl (C=O) groups excluding carboxylic acids is 1. The molecule has 1 heterocycles. The van der Waals surface area contributed by atoms with Crippen LogP contribution in [0.5, 0.6) is 5.75 Å². The van der Waals surface area contributed by atoms with E-state index in [1.165, 1.54) is 22.5 Å². The van der Waals surface area contributed by atoms with Gasteiger partial charge in [-0.3, -0.25) is 4.79 Å².